The van der Waals surface area contributed by atoms with Gasteiger partial charge in [0.25, 0.3) is 0 Å². The molecule has 0 spiro atoms. The Bertz CT molecular complexity index is 642. The molecule has 0 aromatic carbocycles. The summed E-state index contributed by atoms with van der Waals surface area (Å²) in [6.07, 6.45) is 4.78. The van der Waals surface area contributed by atoms with E-state index in [9.17, 15) is 14.9 Å². The van der Waals surface area contributed by atoms with Crippen molar-refractivity contribution in [1.82, 2.24) is 20.0 Å². The van der Waals surface area contributed by atoms with Crippen molar-refractivity contribution >= 4 is 11.6 Å². The molecule has 24 heavy (non-hydrogen) atoms. The van der Waals surface area contributed by atoms with Gasteiger partial charge in [0, 0.05) is 24.5 Å². The number of nitrogens with one attached hydrogen (secondary N) is 1. The van der Waals surface area contributed by atoms with E-state index in [0.29, 0.717) is 36.4 Å². The van der Waals surface area contributed by atoms with Gasteiger partial charge in [-0.3, -0.25) is 19.6 Å². The van der Waals surface area contributed by atoms with E-state index in [1.54, 1.807) is 18.5 Å². The van der Waals surface area contributed by atoms with E-state index < -0.39 is 4.92 Å². The van der Waals surface area contributed by atoms with Crippen molar-refractivity contribution in [3.63, 3.8) is 0 Å². The molecule has 1 aromatic heterocycles. The van der Waals surface area contributed by atoms with Crippen LogP contribution >= 0.6 is 0 Å². The first-order valence-corrected chi connectivity index (χ1v) is 8.56. The lowest BCUT2D eigenvalue weighted by molar-refractivity contribution is -0.386. The summed E-state index contributed by atoms with van der Waals surface area (Å²) in [6, 6.07) is 1.43. The lowest BCUT2D eigenvalue weighted by Gasteiger charge is -2.36. The van der Waals surface area contributed by atoms with E-state index >= 15 is 0 Å². The smallest absolute Gasteiger partial charge is 0.312 e. The Morgan fingerprint density at radius 3 is 2.50 bits per heavy atom. The fourth-order valence-corrected chi connectivity index (χ4v) is 4.21. The highest BCUT2D eigenvalue weighted by Gasteiger charge is 2.38. The molecule has 2 aliphatic heterocycles. The number of rotatable bonds is 5. The van der Waals surface area contributed by atoms with E-state index in [1.807, 2.05) is 0 Å². The molecule has 132 valence electrons. The average Bonchev–Trinajstić information content (AvgIpc) is 2.89. The highest BCUT2D eigenvalue weighted by molar-refractivity contribution is 5.76. The Balaban J connectivity index is 1.53. The summed E-state index contributed by atoms with van der Waals surface area (Å²) < 4.78 is 1.56. The van der Waals surface area contributed by atoms with E-state index in [-0.39, 0.29) is 17.6 Å². The number of amides is 1. The summed E-state index contributed by atoms with van der Waals surface area (Å²) in [5.41, 5.74) is 0.940. The quantitative estimate of drug-likeness (QED) is 0.651. The monoisotopic (exact) mass is 335 g/mol. The number of nitrogens with zero attached hydrogens (tertiary/aromatic N) is 4. The van der Waals surface area contributed by atoms with E-state index in [1.165, 1.54) is 12.8 Å². The average molecular weight is 335 g/mol. The van der Waals surface area contributed by atoms with Crippen LogP contribution in [0.25, 0.3) is 0 Å². The largest absolute Gasteiger partial charge is 0.353 e. The number of carbonyl (C=O) groups is 1. The van der Waals surface area contributed by atoms with Gasteiger partial charge in [0.2, 0.25) is 5.91 Å². The van der Waals surface area contributed by atoms with Crippen LogP contribution in [0.4, 0.5) is 5.69 Å². The molecule has 0 saturated carbocycles. The van der Waals surface area contributed by atoms with Crippen molar-refractivity contribution < 1.29 is 9.72 Å². The summed E-state index contributed by atoms with van der Waals surface area (Å²) in [6.45, 7) is 3.66. The van der Waals surface area contributed by atoms with Gasteiger partial charge >= 0.3 is 5.69 Å². The Labute approximate surface area is 141 Å². The molecule has 2 atom stereocenters. The maximum atomic E-state index is 12.2. The molecule has 2 bridgehead atoms. The molecule has 8 heteroatoms. The van der Waals surface area contributed by atoms with E-state index in [0.717, 1.165) is 12.8 Å². The van der Waals surface area contributed by atoms with Crippen molar-refractivity contribution in [3.8, 4) is 0 Å². The Morgan fingerprint density at radius 1 is 1.33 bits per heavy atom. The minimum absolute atomic E-state index is 0.000779. The Kier molecular flexibility index (Phi) is 4.58. The van der Waals surface area contributed by atoms with Crippen molar-refractivity contribution in [2.24, 2.45) is 0 Å². The third-order valence-electron chi connectivity index (χ3n) is 5.54. The van der Waals surface area contributed by atoms with Crippen LogP contribution in [-0.4, -0.2) is 50.7 Å². The zero-order valence-corrected chi connectivity index (χ0v) is 14.5. The summed E-state index contributed by atoms with van der Waals surface area (Å²) in [4.78, 5) is 25.3. The topological polar surface area (TPSA) is 93.3 Å². The highest BCUT2D eigenvalue weighted by Crippen LogP contribution is 2.34. The van der Waals surface area contributed by atoms with Crippen LogP contribution in [0.1, 0.15) is 43.5 Å². The van der Waals surface area contributed by atoms with Crippen LogP contribution in [0.5, 0.6) is 0 Å². The Morgan fingerprint density at radius 2 is 1.96 bits per heavy atom. The molecule has 2 unspecified atom stereocenters. The molecule has 1 N–H and O–H groups in total. The second-order valence-electron chi connectivity index (χ2n) is 7.04. The van der Waals surface area contributed by atoms with Crippen LogP contribution < -0.4 is 5.32 Å². The standard InChI is InChI=1S/C16H25N5O3/c1-10-16(21(23)24)11(2)20(18-10)7-6-15(22)17-12-8-13-4-5-14(9-12)19(13)3/h12-14H,4-9H2,1-3H3,(H,17,22). The van der Waals surface area contributed by atoms with Gasteiger partial charge in [-0.15, -0.1) is 0 Å². The molecule has 2 aliphatic rings. The first kappa shape index (κ1) is 16.9. The van der Waals surface area contributed by atoms with E-state index in [2.05, 4.69) is 22.4 Å². The minimum atomic E-state index is -0.414. The number of hydrogen-bond donors (Lipinski definition) is 1. The van der Waals surface area contributed by atoms with Gasteiger partial charge in [-0.05, 0) is 46.6 Å². The van der Waals surface area contributed by atoms with Gasteiger partial charge in [0.15, 0.2) is 0 Å². The van der Waals surface area contributed by atoms with Gasteiger partial charge in [-0.1, -0.05) is 0 Å². The predicted octanol–water partition coefficient (Wildman–Crippen LogP) is 1.54. The SMILES string of the molecule is Cc1nn(CCC(=O)NC2CC3CCC(C2)N3C)c(C)c1[N+](=O)[O-]. The van der Waals surface area contributed by atoms with Gasteiger partial charge in [0.1, 0.15) is 11.4 Å². The van der Waals surface area contributed by atoms with Crippen LogP contribution in [0.2, 0.25) is 0 Å². The van der Waals surface area contributed by atoms with Crippen molar-refractivity contribution in [2.75, 3.05) is 7.05 Å². The first-order chi connectivity index (χ1) is 11.4. The molecule has 1 aromatic rings. The molecule has 8 nitrogen and oxygen atoms in total. The zero-order valence-electron chi connectivity index (χ0n) is 14.5. The lowest BCUT2D eigenvalue weighted by atomic mass is 9.98. The van der Waals surface area contributed by atoms with Crippen molar-refractivity contribution in [1.29, 1.82) is 0 Å². The van der Waals surface area contributed by atoms with Gasteiger partial charge in [0.05, 0.1) is 11.5 Å². The fraction of sp³-hybridized carbons (Fsp3) is 0.750. The highest BCUT2D eigenvalue weighted by atomic mass is 16.6. The number of fused-ring (bicyclic) bond motifs is 2. The second-order valence-corrected chi connectivity index (χ2v) is 7.04. The number of hydrogen-bond acceptors (Lipinski definition) is 5. The zero-order chi connectivity index (χ0) is 17.4. The van der Waals surface area contributed by atoms with Gasteiger partial charge < -0.3 is 10.2 Å². The predicted molar refractivity (Wildman–Crippen MR) is 88.7 cm³/mol. The summed E-state index contributed by atoms with van der Waals surface area (Å²) >= 11 is 0. The maximum absolute atomic E-state index is 12.2. The molecule has 2 fully saturated rings. The number of nitro groups is 1. The van der Waals surface area contributed by atoms with Crippen molar-refractivity contribution in [3.05, 3.63) is 21.5 Å². The van der Waals surface area contributed by atoms with Crippen LogP contribution in [-0.2, 0) is 11.3 Å². The van der Waals surface area contributed by atoms with Crippen LogP contribution in [0.15, 0.2) is 0 Å². The molecule has 2 saturated heterocycles. The molecular weight excluding hydrogens is 310 g/mol. The summed E-state index contributed by atoms with van der Waals surface area (Å²) in [5, 5.41) is 18.3. The molecular formula is C16H25N5O3. The third-order valence-corrected chi connectivity index (χ3v) is 5.54. The fourth-order valence-electron chi connectivity index (χ4n) is 4.21. The summed E-state index contributed by atoms with van der Waals surface area (Å²) in [7, 11) is 2.18. The molecule has 1 amide bonds. The van der Waals surface area contributed by atoms with Crippen LogP contribution in [0.3, 0.4) is 0 Å². The lowest BCUT2D eigenvalue weighted by Crippen LogP contribution is -2.48. The van der Waals surface area contributed by atoms with Gasteiger partial charge in [-0.2, -0.15) is 5.10 Å². The second kappa shape index (κ2) is 6.51. The number of piperidine rings is 1. The number of carbonyl (C=O) groups excluding carboxylic acids is 1. The normalized spacial score (nSPS) is 26.5. The first-order valence-electron chi connectivity index (χ1n) is 8.56. The third kappa shape index (κ3) is 3.15. The summed E-state index contributed by atoms with van der Waals surface area (Å²) in [5.74, 6) is -0.000779. The van der Waals surface area contributed by atoms with E-state index in [4.69, 9.17) is 0 Å². The Hall–Kier alpha value is -1.96. The van der Waals surface area contributed by atoms with Crippen LogP contribution in [0, 0.1) is 24.0 Å². The van der Waals surface area contributed by atoms with Crippen molar-refractivity contribution in [2.45, 2.75) is 70.6 Å². The molecule has 0 radical (unpaired) electrons. The van der Waals surface area contributed by atoms with Gasteiger partial charge in [-0.25, -0.2) is 0 Å². The molecule has 3 rings (SSSR count). The molecule has 3 heterocycles. The minimum Gasteiger partial charge on any atom is -0.353 e. The molecule has 0 aliphatic carbocycles. The maximum Gasteiger partial charge on any atom is 0.312 e. The number of aromatic nitrogens is 2. The number of aryl methyl sites for hydroxylation is 2.